The van der Waals surface area contributed by atoms with Gasteiger partial charge in [0.1, 0.15) is 6.10 Å². The second-order valence-corrected chi connectivity index (χ2v) is 10.8. The van der Waals surface area contributed by atoms with Gasteiger partial charge in [-0.3, -0.25) is 14.4 Å². The van der Waals surface area contributed by atoms with E-state index in [0.29, 0.717) is 23.7 Å². The van der Waals surface area contributed by atoms with Crippen LogP contribution in [0.2, 0.25) is 0 Å². The van der Waals surface area contributed by atoms with Gasteiger partial charge in [0.25, 0.3) is 0 Å². The maximum atomic E-state index is 12.2. The fourth-order valence-electron chi connectivity index (χ4n) is 7.89. The van der Waals surface area contributed by atoms with Crippen molar-refractivity contribution in [2.75, 3.05) is 0 Å². The van der Waals surface area contributed by atoms with Crippen molar-refractivity contribution in [1.29, 1.82) is 0 Å². The molecule has 7 atom stereocenters. The third-order valence-electron chi connectivity index (χ3n) is 9.42. The number of hydrogen-bond donors (Lipinski definition) is 1. The first kappa shape index (κ1) is 21.6. The number of carbonyl (C=O) groups is 3. The summed E-state index contributed by atoms with van der Waals surface area (Å²) in [7, 11) is 0. The predicted molar refractivity (Wildman–Crippen MR) is 113 cm³/mol. The van der Waals surface area contributed by atoms with E-state index in [1.165, 1.54) is 19.3 Å². The van der Waals surface area contributed by atoms with Crippen molar-refractivity contribution in [3.8, 4) is 0 Å². The van der Waals surface area contributed by atoms with Crippen LogP contribution in [-0.4, -0.2) is 28.9 Å². The first-order valence-corrected chi connectivity index (χ1v) is 11.8. The van der Waals surface area contributed by atoms with Crippen LogP contribution in [0.25, 0.3) is 0 Å². The monoisotopic (exact) mass is 416 g/mol. The normalized spacial score (nSPS) is 42.4. The minimum absolute atomic E-state index is 0.0375. The van der Waals surface area contributed by atoms with Gasteiger partial charge in [0.15, 0.2) is 5.78 Å². The summed E-state index contributed by atoms with van der Waals surface area (Å²) >= 11 is 0. The van der Waals surface area contributed by atoms with Crippen LogP contribution < -0.4 is 0 Å². The number of aliphatic carboxylic acids is 1. The van der Waals surface area contributed by atoms with Gasteiger partial charge in [-0.1, -0.05) is 19.9 Å². The molecule has 0 aromatic heterocycles. The summed E-state index contributed by atoms with van der Waals surface area (Å²) in [6.45, 7) is 6.52. The summed E-state index contributed by atoms with van der Waals surface area (Å²) in [4.78, 5) is 34.9. The Balaban J connectivity index is 1.42. The highest BCUT2D eigenvalue weighted by Crippen LogP contribution is 2.66. The summed E-state index contributed by atoms with van der Waals surface area (Å²) in [6, 6.07) is 0. The lowest BCUT2D eigenvalue weighted by Crippen LogP contribution is -2.54. The molecule has 0 aliphatic heterocycles. The van der Waals surface area contributed by atoms with E-state index >= 15 is 0 Å². The zero-order valence-corrected chi connectivity index (χ0v) is 18.6. The highest BCUT2D eigenvalue weighted by Gasteiger charge is 2.59. The zero-order valence-electron chi connectivity index (χ0n) is 18.6. The van der Waals surface area contributed by atoms with Crippen molar-refractivity contribution in [3.63, 3.8) is 0 Å². The number of fused-ring (bicyclic) bond motifs is 5. The smallest absolute Gasteiger partial charge is 0.306 e. The Kier molecular flexibility index (Phi) is 5.61. The lowest BCUT2D eigenvalue weighted by atomic mass is 9.44. The van der Waals surface area contributed by atoms with Crippen LogP contribution in [0.15, 0.2) is 11.6 Å². The van der Waals surface area contributed by atoms with Gasteiger partial charge < -0.3 is 9.84 Å². The molecule has 0 aromatic rings. The van der Waals surface area contributed by atoms with Gasteiger partial charge >= 0.3 is 11.9 Å². The molecular formula is C25H36O5. The van der Waals surface area contributed by atoms with E-state index in [1.54, 1.807) is 6.92 Å². The molecule has 4 rings (SSSR count). The van der Waals surface area contributed by atoms with Crippen LogP contribution in [0.3, 0.4) is 0 Å². The molecule has 0 saturated heterocycles. The Labute approximate surface area is 179 Å². The molecule has 3 saturated carbocycles. The minimum atomic E-state index is -0.958. The van der Waals surface area contributed by atoms with Crippen LogP contribution in [-0.2, 0) is 19.1 Å². The summed E-state index contributed by atoms with van der Waals surface area (Å²) in [5.41, 5.74) is 1.43. The number of Topliss-reactive ketones (excluding diaryl/α,β-unsaturated/α-hetero) is 1. The maximum absolute atomic E-state index is 12.2. The third-order valence-corrected chi connectivity index (χ3v) is 9.42. The number of esters is 1. The van der Waals surface area contributed by atoms with Crippen LogP contribution in [0, 0.1) is 34.5 Å². The average molecular weight is 417 g/mol. The van der Waals surface area contributed by atoms with Crippen LogP contribution in [0.5, 0.6) is 0 Å². The molecule has 0 spiro atoms. The number of hydrogen-bond acceptors (Lipinski definition) is 4. The number of ketones is 1. The van der Waals surface area contributed by atoms with Gasteiger partial charge in [-0.15, -0.1) is 0 Å². The average Bonchev–Trinajstić information content (AvgIpc) is 3.04. The molecule has 4 aliphatic rings. The summed E-state index contributed by atoms with van der Waals surface area (Å²) < 4.78 is 5.65. The number of carboxylic acid groups (broad SMARTS) is 1. The van der Waals surface area contributed by atoms with Crippen LogP contribution >= 0.6 is 0 Å². The fourth-order valence-corrected chi connectivity index (χ4v) is 7.89. The van der Waals surface area contributed by atoms with E-state index in [-0.39, 0.29) is 41.5 Å². The number of rotatable bonds is 5. The highest BCUT2D eigenvalue weighted by molar-refractivity contribution is 5.95. The Morgan fingerprint density at radius 3 is 2.53 bits per heavy atom. The van der Waals surface area contributed by atoms with Crippen molar-refractivity contribution < 1.29 is 24.2 Å². The molecule has 0 bridgehead atoms. The lowest BCUT2D eigenvalue weighted by molar-refractivity contribution is -0.162. The molecule has 166 valence electrons. The van der Waals surface area contributed by atoms with Crippen molar-refractivity contribution in [2.45, 2.75) is 91.1 Å². The highest BCUT2D eigenvalue weighted by atomic mass is 16.5. The zero-order chi connectivity index (χ0) is 21.7. The Morgan fingerprint density at radius 1 is 1.07 bits per heavy atom. The Bertz CT molecular complexity index is 770. The molecule has 0 aromatic carbocycles. The molecule has 0 unspecified atom stereocenters. The second-order valence-electron chi connectivity index (χ2n) is 10.8. The number of allylic oxidation sites excluding steroid dienone is 2. The Morgan fingerprint density at radius 2 is 1.83 bits per heavy atom. The summed E-state index contributed by atoms with van der Waals surface area (Å²) in [5, 5.41) is 8.77. The topological polar surface area (TPSA) is 80.7 Å². The van der Waals surface area contributed by atoms with E-state index in [4.69, 9.17) is 9.84 Å². The van der Waals surface area contributed by atoms with Crippen molar-refractivity contribution in [1.82, 2.24) is 0 Å². The summed E-state index contributed by atoms with van der Waals surface area (Å²) in [6.07, 6.45) is 10.6. The molecule has 5 nitrogen and oxygen atoms in total. The van der Waals surface area contributed by atoms with Gasteiger partial charge in [-0.05, 0) is 98.4 Å². The van der Waals surface area contributed by atoms with Gasteiger partial charge in [0.05, 0.1) is 12.8 Å². The van der Waals surface area contributed by atoms with E-state index in [9.17, 15) is 14.4 Å². The second kappa shape index (κ2) is 7.80. The van der Waals surface area contributed by atoms with Crippen LogP contribution in [0.4, 0.5) is 0 Å². The quantitative estimate of drug-likeness (QED) is 0.643. The minimum Gasteiger partial charge on any atom is -0.481 e. The van der Waals surface area contributed by atoms with Gasteiger partial charge in [-0.25, -0.2) is 0 Å². The molecule has 0 radical (unpaired) electrons. The largest absolute Gasteiger partial charge is 0.481 e. The first-order chi connectivity index (χ1) is 14.1. The van der Waals surface area contributed by atoms with Gasteiger partial charge in [0, 0.05) is 0 Å². The number of carbonyl (C=O) groups excluding carboxylic acids is 2. The van der Waals surface area contributed by atoms with Crippen molar-refractivity contribution >= 4 is 17.7 Å². The Hall–Kier alpha value is -1.65. The summed E-state index contributed by atoms with van der Waals surface area (Å²) in [5.74, 6) is 1.46. The molecule has 0 amide bonds. The molecule has 3 fully saturated rings. The third kappa shape index (κ3) is 3.52. The molecule has 30 heavy (non-hydrogen) atoms. The van der Waals surface area contributed by atoms with Crippen LogP contribution in [0.1, 0.15) is 85.0 Å². The first-order valence-electron chi connectivity index (χ1n) is 11.8. The fraction of sp³-hybridized carbons (Fsp3) is 0.800. The van der Waals surface area contributed by atoms with Gasteiger partial charge in [0.2, 0.25) is 0 Å². The number of carboxylic acids is 1. The van der Waals surface area contributed by atoms with Crippen molar-refractivity contribution in [2.24, 2.45) is 34.5 Å². The number of ether oxygens (including phenoxy) is 1. The predicted octanol–water partition coefficient (Wildman–Crippen LogP) is 4.93. The SMILES string of the molecule is CC(=O)C1=CC[C@@H]2[C@@H]3CC[C@H]4C[C@H](OC(=O)CCC(=O)O)CC[C@]4(C)[C@@H]3CC[C@]12C. The lowest BCUT2D eigenvalue weighted by Gasteiger charge is -2.60. The maximum Gasteiger partial charge on any atom is 0.306 e. The van der Waals surface area contributed by atoms with E-state index in [1.807, 2.05) is 0 Å². The van der Waals surface area contributed by atoms with E-state index < -0.39 is 5.97 Å². The van der Waals surface area contributed by atoms with E-state index in [2.05, 4.69) is 19.9 Å². The molecule has 4 aliphatic carbocycles. The van der Waals surface area contributed by atoms with Gasteiger partial charge in [-0.2, -0.15) is 0 Å². The molecular weight excluding hydrogens is 380 g/mol. The van der Waals surface area contributed by atoms with E-state index in [0.717, 1.165) is 37.7 Å². The van der Waals surface area contributed by atoms with Crippen molar-refractivity contribution in [3.05, 3.63) is 11.6 Å². The molecule has 5 heteroatoms. The standard InChI is InChI=1S/C25H36O5/c1-15(26)19-6-7-20-18-5-4-16-14-17(30-23(29)9-8-22(27)28)10-12-24(16,2)21(18)11-13-25(19,20)3/h6,16-18,20-21H,4-5,7-14H2,1-3H3,(H,27,28)/t16-,17+,18-,20+,21+,24-,25+/m0/s1. The molecule has 1 N–H and O–H groups in total. The molecule has 0 heterocycles.